The Morgan fingerprint density at radius 3 is 2.33 bits per heavy atom. The van der Waals surface area contributed by atoms with Crippen LogP contribution in [0, 0.1) is 23.2 Å². The van der Waals surface area contributed by atoms with E-state index >= 15 is 0 Å². The van der Waals surface area contributed by atoms with E-state index in [1.165, 1.54) is 12.8 Å². The van der Waals surface area contributed by atoms with Gasteiger partial charge in [-0.15, -0.1) is 0 Å². The maximum Gasteiger partial charge on any atom is 0.341 e. The van der Waals surface area contributed by atoms with E-state index in [1.807, 2.05) is 52.2 Å². The standard InChI is InChI=1S/C34H48N6O3/c1-33(2,32(43)37-25(20-35-4)21-9-7-10-21)23-13-15-24(16-14-23)40(6)27-19-34(27,3)28(22-11-8-12-22)29(31(40)42)38-30(41)26-17-18-36-39(26)5/h13-18,21-22,25,27-29,35H,7-12,19-20H2,1-6H3,(H-,37,38,41,43)/p+1/t25-,27?,28?,29+,34?,40?/m1/s1. The van der Waals surface area contributed by atoms with Gasteiger partial charge >= 0.3 is 5.91 Å². The van der Waals surface area contributed by atoms with Crippen LogP contribution in [0.15, 0.2) is 36.5 Å². The second kappa shape index (κ2) is 10.8. The number of amides is 3. The summed E-state index contributed by atoms with van der Waals surface area (Å²) in [6.45, 7) is 7.03. The van der Waals surface area contributed by atoms with Crippen molar-refractivity contribution in [2.45, 2.75) is 89.3 Å². The summed E-state index contributed by atoms with van der Waals surface area (Å²) in [4.78, 5) is 41.6. The van der Waals surface area contributed by atoms with Crippen molar-refractivity contribution in [3.8, 4) is 0 Å². The number of benzene rings is 1. The maximum absolute atomic E-state index is 14.6. The lowest BCUT2D eigenvalue weighted by molar-refractivity contribution is -0.140. The van der Waals surface area contributed by atoms with Crippen molar-refractivity contribution in [3.05, 3.63) is 47.8 Å². The molecule has 0 radical (unpaired) electrons. The van der Waals surface area contributed by atoms with Crippen LogP contribution in [0.5, 0.6) is 0 Å². The molecule has 4 unspecified atom stereocenters. The van der Waals surface area contributed by atoms with Gasteiger partial charge in [-0.05, 0) is 69.3 Å². The number of likely N-dealkylation sites (tertiary alicyclic amines) is 1. The number of piperidine rings is 1. The second-order valence-electron chi connectivity index (χ2n) is 14.6. The van der Waals surface area contributed by atoms with E-state index in [2.05, 4.69) is 28.0 Å². The molecule has 3 aliphatic carbocycles. The highest BCUT2D eigenvalue weighted by Crippen LogP contribution is 2.65. The molecule has 232 valence electrons. The maximum atomic E-state index is 14.6. The molecule has 0 bridgehead atoms. The number of hydrogen-bond acceptors (Lipinski definition) is 5. The van der Waals surface area contributed by atoms with Gasteiger partial charge in [-0.3, -0.25) is 14.3 Å². The fourth-order valence-electron chi connectivity index (χ4n) is 8.41. The number of hydrogen-bond donors (Lipinski definition) is 3. The first-order valence-corrected chi connectivity index (χ1v) is 16.2. The fourth-order valence-corrected chi connectivity index (χ4v) is 8.41. The molecule has 1 aromatic heterocycles. The SMILES string of the molecule is CNC[C@@H](NC(=O)C(C)(C)c1ccc([N+]2(C)C(=O)[C@@H](NC(=O)c3ccnn3C)C(C3CCC3)C3(C)CC32)cc1)C1CCC1. The first kappa shape index (κ1) is 30.0. The zero-order valence-corrected chi connectivity index (χ0v) is 26.7. The number of nitrogens with zero attached hydrogens (tertiary/aromatic N) is 3. The predicted molar refractivity (Wildman–Crippen MR) is 167 cm³/mol. The minimum atomic E-state index is -0.720. The summed E-state index contributed by atoms with van der Waals surface area (Å²) < 4.78 is 1.72. The molecule has 3 N–H and O–H groups in total. The molecule has 1 saturated heterocycles. The number of rotatable bonds is 10. The molecule has 0 spiro atoms. The molecule has 9 heteroatoms. The number of carbonyl (C=O) groups is 3. The number of nitrogens with one attached hydrogen (secondary N) is 3. The lowest BCUT2D eigenvalue weighted by Crippen LogP contribution is -2.69. The Labute approximate surface area is 255 Å². The van der Waals surface area contributed by atoms with Crippen molar-refractivity contribution in [2.75, 3.05) is 20.6 Å². The highest BCUT2D eigenvalue weighted by Gasteiger charge is 2.75. The Bertz CT molecular complexity index is 1390. The van der Waals surface area contributed by atoms with Crippen molar-refractivity contribution in [3.63, 3.8) is 0 Å². The summed E-state index contributed by atoms with van der Waals surface area (Å²) in [6, 6.07) is 9.52. The van der Waals surface area contributed by atoms with E-state index in [0.29, 0.717) is 17.5 Å². The Morgan fingerprint density at radius 2 is 1.79 bits per heavy atom. The molecule has 9 nitrogen and oxygen atoms in total. The van der Waals surface area contributed by atoms with Crippen LogP contribution in [0.25, 0.3) is 0 Å². The average Bonchev–Trinajstić information content (AvgIpc) is 3.44. The molecule has 2 aromatic rings. The van der Waals surface area contributed by atoms with Crippen LogP contribution in [0.1, 0.15) is 81.8 Å². The number of aromatic nitrogens is 2. The molecular weight excluding hydrogens is 540 g/mol. The normalized spacial score (nSPS) is 31.4. The van der Waals surface area contributed by atoms with Gasteiger partial charge in [0.1, 0.15) is 23.5 Å². The van der Waals surface area contributed by atoms with Crippen molar-refractivity contribution in [1.82, 2.24) is 30.2 Å². The zero-order valence-electron chi connectivity index (χ0n) is 26.7. The average molecular weight is 590 g/mol. The van der Waals surface area contributed by atoms with E-state index in [0.717, 1.165) is 49.9 Å². The third-order valence-electron chi connectivity index (χ3n) is 11.9. The largest absolute Gasteiger partial charge is 0.351 e. The van der Waals surface area contributed by atoms with E-state index in [1.54, 1.807) is 24.0 Å². The van der Waals surface area contributed by atoms with Crippen molar-refractivity contribution < 1.29 is 14.4 Å². The van der Waals surface area contributed by atoms with E-state index in [9.17, 15) is 14.4 Å². The van der Waals surface area contributed by atoms with Crippen LogP contribution < -0.4 is 20.4 Å². The van der Waals surface area contributed by atoms with Gasteiger partial charge in [0, 0.05) is 43.6 Å². The van der Waals surface area contributed by atoms with Crippen LogP contribution in [-0.4, -0.2) is 66.3 Å². The van der Waals surface area contributed by atoms with Crippen molar-refractivity contribution in [1.29, 1.82) is 0 Å². The molecule has 1 aliphatic heterocycles. The topological polar surface area (TPSA) is 105 Å². The van der Waals surface area contributed by atoms with Gasteiger partial charge in [-0.25, -0.2) is 9.28 Å². The monoisotopic (exact) mass is 589 g/mol. The number of fused-ring (bicyclic) bond motifs is 1. The second-order valence-corrected chi connectivity index (χ2v) is 14.6. The number of aryl methyl sites for hydroxylation is 1. The minimum Gasteiger partial charge on any atom is -0.351 e. The molecule has 2 heterocycles. The van der Waals surface area contributed by atoms with E-state index < -0.39 is 11.5 Å². The molecule has 6 atom stereocenters. The molecular formula is C34H49N6O3+. The minimum absolute atomic E-state index is 0.0258. The van der Waals surface area contributed by atoms with Crippen molar-refractivity contribution in [2.24, 2.45) is 30.2 Å². The first-order valence-electron chi connectivity index (χ1n) is 16.2. The van der Waals surface area contributed by atoms with Gasteiger partial charge < -0.3 is 16.0 Å². The summed E-state index contributed by atoms with van der Waals surface area (Å²) in [5.41, 5.74) is 1.54. The highest BCUT2D eigenvalue weighted by molar-refractivity contribution is 6.01. The van der Waals surface area contributed by atoms with Gasteiger partial charge in [0.05, 0.1) is 12.5 Å². The fraction of sp³-hybridized carbons (Fsp3) is 0.647. The van der Waals surface area contributed by atoms with Crippen LogP contribution in [0.2, 0.25) is 0 Å². The summed E-state index contributed by atoms with van der Waals surface area (Å²) in [7, 11) is 5.70. The quantitative estimate of drug-likeness (QED) is 0.367. The Morgan fingerprint density at radius 1 is 1.12 bits per heavy atom. The van der Waals surface area contributed by atoms with Gasteiger partial charge in [0.15, 0.2) is 0 Å². The van der Waals surface area contributed by atoms with Crippen LogP contribution in [-0.2, 0) is 22.1 Å². The summed E-state index contributed by atoms with van der Waals surface area (Å²) >= 11 is 0. The summed E-state index contributed by atoms with van der Waals surface area (Å²) in [5, 5.41) is 13.9. The van der Waals surface area contributed by atoms with Gasteiger partial charge in [0.2, 0.25) is 5.91 Å². The first-order chi connectivity index (χ1) is 20.4. The number of likely N-dealkylation sites (N-methyl/N-ethyl adjacent to an activating group) is 2. The molecule has 6 rings (SSSR count). The van der Waals surface area contributed by atoms with Gasteiger partial charge in [-0.2, -0.15) is 5.10 Å². The Balaban J connectivity index is 1.26. The molecule has 4 fully saturated rings. The van der Waals surface area contributed by atoms with Crippen LogP contribution >= 0.6 is 0 Å². The lowest BCUT2D eigenvalue weighted by atomic mass is 9.64. The van der Waals surface area contributed by atoms with E-state index in [-0.39, 0.29) is 45.6 Å². The molecule has 1 aromatic carbocycles. The van der Waals surface area contributed by atoms with Crippen LogP contribution in [0.4, 0.5) is 5.69 Å². The highest BCUT2D eigenvalue weighted by atomic mass is 16.2. The molecule has 43 heavy (non-hydrogen) atoms. The Hall–Kier alpha value is -3.04. The third-order valence-corrected chi connectivity index (χ3v) is 11.9. The smallest absolute Gasteiger partial charge is 0.341 e. The Kier molecular flexibility index (Phi) is 7.57. The van der Waals surface area contributed by atoms with E-state index in [4.69, 9.17) is 0 Å². The number of carbonyl (C=O) groups excluding carboxylic acids is 3. The van der Waals surface area contributed by atoms with Gasteiger partial charge in [-0.1, -0.05) is 44.7 Å². The third kappa shape index (κ3) is 4.83. The molecule has 3 saturated carbocycles. The zero-order chi connectivity index (χ0) is 30.7. The van der Waals surface area contributed by atoms with Crippen molar-refractivity contribution >= 4 is 23.4 Å². The molecule has 4 aliphatic rings. The summed E-state index contributed by atoms with van der Waals surface area (Å²) in [5.74, 6) is 0.944. The lowest BCUT2D eigenvalue weighted by Gasteiger charge is -2.49. The molecule has 3 amide bonds. The van der Waals surface area contributed by atoms with Crippen LogP contribution in [0.3, 0.4) is 0 Å². The predicted octanol–water partition coefficient (Wildman–Crippen LogP) is 3.67. The summed E-state index contributed by atoms with van der Waals surface area (Å²) in [6.07, 6.45) is 9.54. The van der Waals surface area contributed by atoms with Gasteiger partial charge in [0.25, 0.3) is 5.91 Å². The number of quaternary nitrogens is 1.